The van der Waals surface area contributed by atoms with E-state index in [9.17, 15) is 0 Å². The smallest absolute Gasteiger partial charge is 0.123 e. The van der Waals surface area contributed by atoms with Crippen molar-refractivity contribution in [2.45, 2.75) is 18.7 Å². The number of hydrogen-bond acceptors (Lipinski definition) is 5. The van der Waals surface area contributed by atoms with Crippen LogP contribution in [0.5, 0.6) is 5.75 Å². The van der Waals surface area contributed by atoms with Gasteiger partial charge in [-0.15, -0.1) is 0 Å². The Kier molecular flexibility index (Phi) is 4.47. The average Bonchev–Trinajstić information content (AvgIpc) is 3.12. The average molecular weight is 325 g/mol. The van der Waals surface area contributed by atoms with E-state index in [2.05, 4.69) is 33.4 Å². The van der Waals surface area contributed by atoms with Crippen LogP contribution in [-0.2, 0) is 11.3 Å². The maximum absolute atomic E-state index is 5.88. The molecule has 1 N–H and O–H groups in total. The van der Waals surface area contributed by atoms with Crippen LogP contribution in [0.3, 0.4) is 0 Å². The summed E-state index contributed by atoms with van der Waals surface area (Å²) >= 11 is 0. The molecule has 5 nitrogen and oxygen atoms in total. The number of fused-ring (bicyclic) bond motifs is 1. The number of methoxy groups -OCH3 is 1. The summed E-state index contributed by atoms with van der Waals surface area (Å²) in [6.45, 7) is 4.60. The number of hydrogen-bond donors (Lipinski definition) is 1. The summed E-state index contributed by atoms with van der Waals surface area (Å²) in [7, 11) is 1.74. The molecule has 0 spiro atoms. The van der Waals surface area contributed by atoms with Crippen molar-refractivity contribution in [1.82, 2.24) is 15.2 Å². The molecule has 5 heteroatoms. The van der Waals surface area contributed by atoms with Gasteiger partial charge in [0.1, 0.15) is 5.75 Å². The zero-order valence-corrected chi connectivity index (χ0v) is 13.9. The number of rotatable bonds is 4. The first kappa shape index (κ1) is 15.6. The number of benzene rings is 1. The molecule has 2 atom stereocenters. The number of nitrogens with zero attached hydrogens (tertiary/aromatic N) is 2. The zero-order valence-electron chi connectivity index (χ0n) is 13.9. The van der Waals surface area contributed by atoms with Crippen molar-refractivity contribution in [2.24, 2.45) is 0 Å². The third kappa shape index (κ3) is 3.02. The highest BCUT2D eigenvalue weighted by atomic mass is 16.5. The molecule has 1 aromatic heterocycles. The molecule has 0 unspecified atom stereocenters. The Bertz CT molecular complexity index is 692. The van der Waals surface area contributed by atoms with Gasteiger partial charge < -0.3 is 14.8 Å². The van der Waals surface area contributed by atoms with Gasteiger partial charge in [0.25, 0.3) is 0 Å². The van der Waals surface area contributed by atoms with Crippen LogP contribution in [0.25, 0.3) is 11.1 Å². The van der Waals surface area contributed by atoms with Crippen LogP contribution in [0.15, 0.2) is 42.7 Å². The first-order valence-electron chi connectivity index (χ1n) is 8.49. The highest BCUT2D eigenvalue weighted by Crippen LogP contribution is 2.29. The fraction of sp³-hybridized carbons (Fsp3) is 0.421. The molecule has 0 bridgehead atoms. The van der Waals surface area contributed by atoms with E-state index in [1.54, 1.807) is 7.11 Å². The molecule has 0 saturated carbocycles. The molecule has 1 aromatic carbocycles. The summed E-state index contributed by atoms with van der Waals surface area (Å²) in [5, 5.41) is 3.44. The monoisotopic (exact) mass is 325 g/mol. The number of aromatic nitrogens is 1. The van der Waals surface area contributed by atoms with Crippen LogP contribution in [0, 0.1) is 0 Å². The van der Waals surface area contributed by atoms with Crippen LogP contribution < -0.4 is 10.1 Å². The maximum atomic E-state index is 5.88. The van der Waals surface area contributed by atoms with Crippen LogP contribution in [-0.4, -0.2) is 55.4 Å². The van der Waals surface area contributed by atoms with Crippen molar-refractivity contribution >= 4 is 0 Å². The zero-order chi connectivity index (χ0) is 16.4. The largest absolute Gasteiger partial charge is 0.496 e. The third-order valence-electron chi connectivity index (χ3n) is 4.98. The third-order valence-corrected chi connectivity index (χ3v) is 4.98. The summed E-state index contributed by atoms with van der Waals surface area (Å²) in [4.78, 5) is 6.62. The van der Waals surface area contributed by atoms with Gasteiger partial charge in [0, 0.05) is 50.2 Å². The molecule has 2 saturated heterocycles. The standard InChI is InChI=1S/C19H23N3O2/c1-23-18-3-2-15(14-4-6-20-7-5-14)10-16(18)13-22-8-9-24-19-12-21-11-17(19)22/h2-7,10,17,19,21H,8-9,11-13H2,1H3/t17-,19+/m1/s1. The lowest BCUT2D eigenvalue weighted by atomic mass is 10.0. The van der Waals surface area contributed by atoms with E-state index in [1.165, 1.54) is 16.7 Å². The lowest BCUT2D eigenvalue weighted by Crippen LogP contribution is -2.50. The highest BCUT2D eigenvalue weighted by Gasteiger charge is 2.36. The summed E-state index contributed by atoms with van der Waals surface area (Å²) in [6.07, 6.45) is 3.97. The van der Waals surface area contributed by atoms with Gasteiger partial charge in [-0.2, -0.15) is 0 Å². The first-order valence-corrected chi connectivity index (χ1v) is 8.49. The van der Waals surface area contributed by atoms with E-state index in [0.29, 0.717) is 12.1 Å². The molecule has 3 heterocycles. The number of ether oxygens (including phenoxy) is 2. The summed E-state index contributed by atoms with van der Waals surface area (Å²) in [5.41, 5.74) is 3.60. The Morgan fingerprint density at radius 3 is 2.92 bits per heavy atom. The van der Waals surface area contributed by atoms with E-state index in [4.69, 9.17) is 9.47 Å². The number of morpholine rings is 1. The highest BCUT2D eigenvalue weighted by molar-refractivity contribution is 5.65. The van der Waals surface area contributed by atoms with Crippen molar-refractivity contribution in [3.8, 4) is 16.9 Å². The van der Waals surface area contributed by atoms with E-state index in [-0.39, 0.29) is 0 Å². The van der Waals surface area contributed by atoms with E-state index in [0.717, 1.165) is 38.5 Å². The van der Waals surface area contributed by atoms with Crippen molar-refractivity contribution in [3.05, 3.63) is 48.3 Å². The van der Waals surface area contributed by atoms with E-state index < -0.39 is 0 Å². The maximum Gasteiger partial charge on any atom is 0.123 e. The Morgan fingerprint density at radius 2 is 2.08 bits per heavy atom. The molecular formula is C19H23N3O2. The predicted octanol–water partition coefficient (Wildman–Crippen LogP) is 1.93. The van der Waals surface area contributed by atoms with Gasteiger partial charge in [0.2, 0.25) is 0 Å². The second kappa shape index (κ2) is 6.89. The minimum atomic E-state index is 0.313. The van der Waals surface area contributed by atoms with Crippen molar-refractivity contribution < 1.29 is 9.47 Å². The molecule has 24 heavy (non-hydrogen) atoms. The number of nitrogens with one attached hydrogen (secondary N) is 1. The lowest BCUT2D eigenvalue weighted by molar-refractivity contribution is -0.0502. The van der Waals surface area contributed by atoms with Crippen LogP contribution >= 0.6 is 0 Å². The predicted molar refractivity (Wildman–Crippen MR) is 93.0 cm³/mol. The topological polar surface area (TPSA) is 46.6 Å². The molecule has 0 amide bonds. The lowest BCUT2D eigenvalue weighted by Gasteiger charge is -2.37. The van der Waals surface area contributed by atoms with E-state index in [1.807, 2.05) is 24.5 Å². The van der Waals surface area contributed by atoms with Gasteiger partial charge in [-0.3, -0.25) is 9.88 Å². The Hall–Kier alpha value is -1.95. The van der Waals surface area contributed by atoms with Crippen LogP contribution in [0.2, 0.25) is 0 Å². The number of pyridine rings is 1. The van der Waals surface area contributed by atoms with Gasteiger partial charge in [-0.05, 0) is 35.4 Å². The van der Waals surface area contributed by atoms with Gasteiger partial charge in [0.15, 0.2) is 0 Å². The first-order chi connectivity index (χ1) is 11.8. The molecular weight excluding hydrogens is 302 g/mol. The quantitative estimate of drug-likeness (QED) is 0.931. The minimum Gasteiger partial charge on any atom is -0.496 e. The van der Waals surface area contributed by atoms with E-state index >= 15 is 0 Å². The minimum absolute atomic E-state index is 0.313. The Labute approximate surface area is 142 Å². The molecule has 0 radical (unpaired) electrons. The van der Waals surface area contributed by atoms with Gasteiger partial charge >= 0.3 is 0 Å². The fourth-order valence-corrected chi connectivity index (χ4v) is 3.70. The van der Waals surface area contributed by atoms with Gasteiger partial charge in [-0.25, -0.2) is 0 Å². The Balaban J connectivity index is 1.61. The van der Waals surface area contributed by atoms with Crippen molar-refractivity contribution in [3.63, 3.8) is 0 Å². The molecule has 2 aliphatic heterocycles. The second-order valence-electron chi connectivity index (χ2n) is 6.37. The van der Waals surface area contributed by atoms with Gasteiger partial charge in [0.05, 0.1) is 19.8 Å². The molecule has 2 fully saturated rings. The van der Waals surface area contributed by atoms with Crippen LogP contribution in [0.1, 0.15) is 5.56 Å². The summed E-state index contributed by atoms with van der Waals surface area (Å²) < 4.78 is 11.5. The Morgan fingerprint density at radius 1 is 1.21 bits per heavy atom. The molecule has 2 aliphatic rings. The van der Waals surface area contributed by atoms with Crippen molar-refractivity contribution in [2.75, 3.05) is 33.4 Å². The molecule has 0 aliphatic carbocycles. The normalized spacial score (nSPS) is 23.9. The molecule has 126 valence electrons. The van der Waals surface area contributed by atoms with Crippen molar-refractivity contribution in [1.29, 1.82) is 0 Å². The summed E-state index contributed by atoms with van der Waals surface area (Å²) in [6, 6.07) is 10.9. The van der Waals surface area contributed by atoms with Gasteiger partial charge in [-0.1, -0.05) is 6.07 Å². The fourth-order valence-electron chi connectivity index (χ4n) is 3.70. The second-order valence-corrected chi connectivity index (χ2v) is 6.37. The molecule has 4 rings (SSSR count). The SMILES string of the molecule is COc1ccc(-c2ccncc2)cc1CN1CCO[C@H]2CNC[C@H]21. The van der Waals surface area contributed by atoms with Crippen LogP contribution in [0.4, 0.5) is 0 Å². The summed E-state index contributed by atoms with van der Waals surface area (Å²) in [5.74, 6) is 0.946. The molecule has 2 aromatic rings.